The first kappa shape index (κ1) is 19.5. The first-order valence-electron chi connectivity index (χ1n) is 10.6. The summed E-state index contributed by atoms with van der Waals surface area (Å²) in [5.41, 5.74) is 4.72. The molecule has 2 aliphatic rings. The number of hydrogen-bond acceptors (Lipinski definition) is 6. The van der Waals surface area contributed by atoms with Gasteiger partial charge in [0.05, 0.1) is 18.3 Å². The molecule has 3 atom stereocenters. The summed E-state index contributed by atoms with van der Waals surface area (Å²) in [5, 5.41) is 21.9. The van der Waals surface area contributed by atoms with Gasteiger partial charge < -0.3 is 15.2 Å². The number of rotatable bonds is 3. The molecule has 7 nitrogen and oxygen atoms in total. The zero-order valence-corrected chi connectivity index (χ0v) is 17.9. The first-order valence-corrected chi connectivity index (χ1v) is 10.6. The number of nitrogens with one attached hydrogen (secondary N) is 2. The third-order valence-electron chi connectivity index (χ3n) is 6.45. The van der Waals surface area contributed by atoms with Gasteiger partial charge >= 0.3 is 0 Å². The van der Waals surface area contributed by atoms with Crippen LogP contribution in [0.3, 0.4) is 0 Å². The van der Waals surface area contributed by atoms with Crippen molar-refractivity contribution in [1.82, 2.24) is 25.4 Å². The molecule has 4 heterocycles. The molecule has 2 fully saturated rings. The maximum atomic E-state index is 9.65. The number of ether oxygens (including phenoxy) is 1. The molecule has 0 radical (unpaired) electrons. The van der Waals surface area contributed by atoms with Crippen molar-refractivity contribution in [2.45, 2.75) is 51.4 Å². The number of phenols is 1. The van der Waals surface area contributed by atoms with Crippen molar-refractivity contribution in [2.24, 2.45) is 0 Å². The van der Waals surface area contributed by atoms with Gasteiger partial charge in [0.2, 0.25) is 0 Å². The zero-order chi connectivity index (χ0) is 21.0. The second-order valence-electron chi connectivity index (χ2n) is 9.30. The number of aromatic nitrogens is 3. The van der Waals surface area contributed by atoms with Crippen LogP contribution in [0.25, 0.3) is 22.3 Å². The van der Waals surface area contributed by atoms with Crippen LogP contribution in [0.2, 0.25) is 0 Å². The van der Waals surface area contributed by atoms with Gasteiger partial charge in [-0.1, -0.05) is 0 Å². The second-order valence-corrected chi connectivity index (χ2v) is 9.30. The molecule has 0 amide bonds. The molecule has 3 aromatic rings. The molecular formula is C23H29N5O2. The van der Waals surface area contributed by atoms with Crippen molar-refractivity contribution >= 4 is 11.0 Å². The van der Waals surface area contributed by atoms with Crippen molar-refractivity contribution in [2.75, 3.05) is 19.7 Å². The van der Waals surface area contributed by atoms with Gasteiger partial charge in [-0.2, -0.15) is 5.10 Å². The fraction of sp³-hybridized carbons (Fsp3) is 0.478. The molecule has 2 aromatic heterocycles. The van der Waals surface area contributed by atoms with E-state index in [1.54, 1.807) is 12.1 Å². The summed E-state index contributed by atoms with van der Waals surface area (Å²) in [5.74, 6) is 0.244. The van der Waals surface area contributed by atoms with E-state index in [9.17, 15) is 5.11 Å². The lowest BCUT2D eigenvalue weighted by Gasteiger charge is -2.52. The fourth-order valence-corrected chi connectivity index (χ4v) is 4.71. The van der Waals surface area contributed by atoms with Gasteiger partial charge in [0.25, 0.3) is 0 Å². The van der Waals surface area contributed by atoms with Crippen LogP contribution in [0, 0.1) is 6.92 Å². The molecular weight excluding hydrogens is 378 g/mol. The molecule has 3 unspecified atom stereocenters. The van der Waals surface area contributed by atoms with E-state index in [-0.39, 0.29) is 17.4 Å². The molecule has 0 aliphatic carbocycles. The highest BCUT2D eigenvalue weighted by molar-refractivity contribution is 5.85. The maximum absolute atomic E-state index is 9.65. The largest absolute Gasteiger partial charge is 0.508 e. The lowest BCUT2D eigenvalue weighted by molar-refractivity contribution is -0.155. The Balaban J connectivity index is 1.56. The van der Waals surface area contributed by atoms with Crippen molar-refractivity contribution in [1.29, 1.82) is 0 Å². The van der Waals surface area contributed by atoms with E-state index in [0.717, 1.165) is 47.6 Å². The molecule has 30 heavy (non-hydrogen) atoms. The average Bonchev–Trinajstić information content (AvgIpc) is 3.05. The second kappa shape index (κ2) is 7.04. The number of hydrogen-bond donors (Lipinski definition) is 3. The summed E-state index contributed by atoms with van der Waals surface area (Å²) in [4.78, 5) is 7.36. The summed E-state index contributed by atoms with van der Waals surface area (Å²) in [7, 11) is 0. The number of piperazine rings is 1. The Hall–Kier alpha value is -2.48. The number of aryl methyl sites for hydroxylation is 1. The van der Waals surface area contributed by atoms with Crippen LogP contribution in [0.4, 0.5) is 0 Å². The monoisotopic (exact) mass is 407 g/mol. The van der Waals surface area contributed by atoms with Crippen LogP contribution in [0.5, 0.6) is 5.75 Å². The highest BCUT2D eigenvalue weighted by atomic mass is 16.5. The van der Waals surface area contributed by atoms with Gasteiger partial charge in [0, 0.05) is 41.3 Å². The van der Waals surface area contributed by atoms with Crippen molar-refractivity contribution < 1.29 is 9.84 Å². The highest BCUT2D eigenvalue weighted by Crippen LogP contribution is 2.41. The maximum Gasteiger partial charge on any atom is 0.182 e. The lowest BCUT2D eigenvalue weighted by Crippen LogP contribution is -2.66. The zero-order valence-electron chi connectivity index (χ0n) is 17.9. The minimum atomic E-state index is -0.0148. The minimum absolute atomic E-state index is 0.0148. The molecule has 3 N–H and O–H groups in total. The lowest BCUT2D eigenvalue weighted by atomic mass is 9.89. The number of phenolic OH excluding ortho intramolecular Hbond substituents is 1. The van der Waals surface area contributed by atoms with Gasteiger partial charge in [-0.15, -0.1) is 0 Å². The van der Waals surface area contributed by atoms with E-state index < -0.39 is 0 Å². The summed E-state index contributed by atoms with van der Waals surface area (Å²) in [6.45, 7) is 11.5. The molecule has 0 saturated carbocycles. The van der Waals surface area contributed by atoms with Gasteiger partial charge in [-0.3, -0.25) is 10.00 Å². The van der Waals surface area contributed by atoms with Crippen LogP contribution in [0.15, 0.2) is 30.3 Å². The standard InChI is InChI=1S/C23H29N5O2/c1-13-10-24-23(3,4)12-28(13)19-11-30-21(19)17-9-18(15-5-7-16(29)8-6-15)25-22-20(17)14(2)26-27-22/h5-9,13,19,21,24,29H,10-12H2,1-4H3,(H,25,26,27). The predicted molar refractivity (Wildman–Crippen MR) is 116 cm³/mol. The summed E-state index contributed by atoms with van der Waals surface area (Å²) in [6, 6.07) is 10.0. The number of H-pyrrole nitrogens is 1. The van der Waals surface area contributed by atoms with Gasteiger partial charge in [-0.25, -0.2) is 4.98 Å². The Labute approximate surface area is 176 Å². The Morgan fingerprint density at radius 2 is 2.00 bits per heavy atom. The Morgan fingerprint density at radius 1 is 1.23 bits per heavy atom. The molecule has 5 rings (SSSR count). The summed E-state index contributed by atoms with van der Waals surface area (Å²) in [6.07, 6.45) is -0.0148. The van der Waals surface area contributed by atoms with Gasteiger partial charge in [0.15, 0.2) is 5.65 Å². The molecule has 7 heteroatoms. The van der Waals surface area contributed by atoms with E-state index in [0.29, 0.717) is 17.7 Å². The number of pyridine rings is 1. The van der Waals surface area contributed by atoms with Crippen LogP contribution in [-0.4, -0.2) is 62.5 Å². The Morgan fingerprint density at radius 3 is 2.70 bits per heavy atom. The molecule has 2 aliphatic heterocycles. The van der Waals surface area contributed by atoms with E-state index in [2.05, 4.69) is 47.3 Å². The quantitative estimate of drug-likeness (QED) is 0.618. The fourth-order valence-electron chi connectivity index (χ4n) is 4.71. The van der Waals surface area contributed by atoms with Gasteiger partial charge in [-0.05, 0) is 63.6 Å². The molecule has 158 valence electrons. The Bertz CT molecular complexity index is 1080. The SMILES string of the molecule is Cc1[nH]nc2nc(-c3ccc(O)cc3)cc(C3OCC3N3CC(C)(C)NCC3C)c12. The number of nitrogens with zero attached hydrogens (tertiary/aromatic N) is 3. The third-order valence-corrected chi connectivity index (χ3v) is 6.45. The van der Waals surface area contributed by atoms with Crippen LogP contribution in [0.1, 0.15) is 38.1 Å². The summed E-state index contributed by atoms with van der Waals surface area (Å²) >= 11 is 0. The molecule has 0 bridgehead atoms. The van der Waals surface area contributed by atoms with Gasteiger partial charge in [0.1, 0.15) is 11.9 Å². The smallest absolute Gasteiger partial charge is 0.182 e. The number of fused-ring (bicyclic) bond motifs is 1. The molecule has 1 aromatic carbocycles. The van der Waals surface area contributed by atoms with E-state index in [1.165, 1.54) is 0 Å². The number of aromatic amines is 1. The highest BCUT2D eigenvalue weighted by Gasteiger charge is 2.44. The molecule has 0 spiro atoms. The van der Waals surface area contributed by atoms with E-state index in [1.807, 2.05) is 19.1 Å². The minimum Gasteiger partial charge on any atom is -0.508 e. The van der Waals surface area contributed by atoms with Crippen LogP contribution in [-0.2, 0) is 4.74 Å². The first-order chi connectivity index (χ1) is 14.3. The van der Waals surface area contributed by atoms with E-state index in [4.69, 9.17) is 9.72 Å². The average molecular weight is 408 g/mol. The Kier molecular flexibility index (Phi) is 4.57. The number of aromatic hydroxyl groups is 1. The third kappa shape index (κ3) is 3.27. The van der Waals surface area contributed by atoms with Crippen LogP contribution >= 0.6 is 0 Å². The van der Waals surface area contributed by atoms with Crippen LogP contribution < -0.4 is 5.32 Å². The normalized spacial score (nSPS) is 26.6. The van der Waals surface area contributed by atoms with Crippen molar-refractivity contribution in [3.05, 3.63) is 41.6 Å². The molecule has 2 saturated heterocycles. The van der Waals surface area contributed by atoms with Crippen molar-refractivity contribution in [3.63, 3.8) is 0 Å². The predicted octanol–water partition coefficient (Wildman–Crippen LogP) is 3.15. The van der Waals surface area contributed by atoms with Crippen molar-refractivity contribution in [3.8, 4) is 17.0 Å². The number of benzene rings is 1. The van der Waals surface area contributed by atoms with E-state index >= 15 is 0 Å². The summed E-state index contributed by atoms with van der Waals surface area (Å²) < 4.78 is 6.17. The topological polar surface area (TPSA) is 86.3 Å².